The molecule has 1 saturated carbocycles. The lowest BCUT2D eigenvalue weighted by molar-refractivity contribution is 0.0609. The van der Waals surface area contributed by atoms with Crippen LogP contribution >= 0.6 is 9.24 Å². The number of aliphatic hydroxyl groups excluding tert-OH is 2. The molecule has 2 unspecified atom stereocenters. The second-order valence-electron chi connectivity index (χ2n) is 3.05. The van der Waals surface area contributed by atoms with E-state index in [2.05, 4.69) is 15.3 Å². The third kappa shape index (κ3) is 2.90. The number of rotatable bonds is 1. The van der Waals surface area contributed by atoms with Gasteiger partial charge in [0.05, 0.1) is 12.2 Å². The van der Waals surface area contributed by atoms with Gasteiger partial charge in [-0.25, -0.2) is 0 Å². The fourth-order valence-electron chi connectivity index (χ4n) is 1.50. The highest BCUT2D eigenvalue weighted by Gasteiger charge is 2.20. The first kappa shape index (κ1) is 9.18. The Morgan fingerprint density at radius 2 is 1.91 bits per heavy atom. The minimum Gasteiger partial charge on any atom is -0.393 e. The summed E-state index contributed by atoms with van der Waals surface area (Å²) in [4.78, 5) is 0. The summed E-state index contributed by atoms with van der Waals surface area (Å²) in [5.41, 5.74) is 1.19. The molecule has 0 aromatic heterocycles. The minimum atomic E-state index is -0.332. The van der Waals surface area contributed by atoms with Gasteiger partial charge in [0.1, 0.15) is 0 Å². The molecule has 0 bridgehead atoms. The molecule has 2 N–H and O–H groups in total. The van der Waals surface area contributed by atoms with Gasteiger partial charge in [0.15, 0.2) is 0 Å². The summed E-state index contributed by atoms with van der Waals surface area (Å²) in [5, 5.41) is 18.5. The zero-order valence-corrected chi connectivity index (χ0v) is 7.69. The van der Waals surface area contributed by atoms with Crippen molar-refractivity contribution >= 4 is 9.24 Å². The summed E-state index contributed by atoms with van der Waals surface area (Å²) in [7, 11) is 2.61. The van der Waals surface area contributed by atoms with Crippen LogP contribution in [0.1, 0.15) is 19.3 Å². The SMILES string of the molecule is OC1C/C(=C/CP)C[C@@H](O)C1. The summed E-state index contributed by atoms with van der Waals surface area (Å²) in [6.45, 7) is 0. The zero-order chi connectivity index (χ0) is 8.27. The van der Waals surface area contributed by atoms with Crippen molar-refractivity contribution < 1.29 is 10.2 Å². The Balaban J connectivity index is 2.49. The van der Waals surface area contributed by atoms with Crippen LogP contribution < -0.4 is 0 Å². The first-order valence-electron chi connectivity index (χ1n) is 3.96. The van der Waals surface area contributed by atoms with Gasteiger partial charge in [0.2, 0.25) is 0 Å². The van der Waals surface area contributed by atoms with E-state index in [4.69, 9.17) is 0 Å². The molecule has 0 amide bonds. The van der Waals surface area contributed by atoms with E-state index in [9.17, 15) is 10.2 Å². The van der Waals surface area contributed by atoms with Gasteiger partial charge in [0.25, 0.3) is 0 Å². The fraction of sp³-hybridized carbons (Fsp3) is 0.750. The lowest BCUT2D eigenvalue weighted by Gasteiger charge is -2.24. The Kier molecular flexibility index (Phi) is 3.50. The summed E-state index contributed by atoms with van der Waals surface area (Å²) in [6, 6.07) is 0. The topological polar surface area (TPSA) is 40.5 Å². The largest absolute Gasteiger partial charge is 0.393 e. The summed E-state index contributed by atoms with van der Waals surface area (Å²) in [6.07, 6.45) is 4.33. The van der Waals surface area contributed by atoms with Crippen molar-refractivity contribution in [2.24, 2.45) is 0 Å². The van der Waals surface area contributed by atoms with Crippen molar-refractivity contribution in [3.8, 4) is 0 Å². The average Bonchev–Trinajstić information content (AvgIpc) is 1.85. The van der Waals surface area contributed by atoms with Crippen LogP contribution in [0.15, 0.2) is 11.6 Å². The molecule has 1 fully saturated rings. The van der Waals surface area contributed by atoms with Gasteiger partial charge in [-0.05, 0) is 25.4 Å². The highest BCUT2D eigenvalue weighted by atomic mass is 31.0. The average molecular weight is 174 g/mol. The van der Waals surface area contributed by atoms with Gasteiger partial charge in [0, 0.05) is 0 Å². The second kappa shape index (κ2) is 4.20. The van der Waals surface area contributed by atoms with E-state index in [0.29, 0.717) is 6.42 Å². The maximum atomic E-state index is 9.27. The molecule has 1 aliphatic rings. The second-order valence-corrected chi connectivity index (χ2v) is 3.52. The molecule has 64 valence electrons. The lowest BCUT2D eigenvalue weighted by Crippen LogP contribution is -2.24. The van der Waals surface area contributed by atoms with Crippen LogP contribution in [-0.2, 0) is 0 Å². The van der Waals surface area contributed by atoms with Gasteiger partial charge in [-0.15, -0.1) is 9.24 Å². The van der Waals surface area contributed by atoms with Crippen molar-refractivity contribution in [1.29, 1.82) is 0 Å². The van der Waals surface area contributed by atoms with E-state index in [1.54, 1.807) is 0 Å². The molecule has 0 spiro atoms. The first-order chi connectivity index (χ1) is 5.22. The van der Waals surface area contributed by atoms with E-state index in [1.807, 2.05) is 0 Å². The predicted octanol–water partition coefficient (Wildman–Crippen LogP) is 0.694. The van der Waals surface area contributed by atoms with E-state index < -0.39 is 0 Å². The Bertz CT molecular complexity index is 144. The van der Waals surface area contributed by atoms with Gasteiger partial charge < -0.3 is 10.2 Å². The van der Waals surface area contributed by atoms with Gasteiger partial charge in [-0.2, -0.15) is 0 Å². The summed E-state index contributed by atoms with van der Waals surface area (Å²) in [5.74, 6) is 0. The van der Waals surface area contributed by atoms with E-state index in [-0.39, 0.29) is 12.2 Å². The molecule has 2 nitrogen and oxygen atoms in total. The molecule has 0 saturated heterocycles. The Morgan fingerprint density at radius 1 is 1.36 bits per heavy atom. The third-order valence-electron chi connectivity index (χ3n) is 1.95. The molecule has 0 aromatic rings. The van der Waals surface area contributed by atoms with Crippen molar-refractivity contribution in [2.45, 2.75) is 31.5 Å². The number of hydrogen-bond donors (Lipinski definition) is 2. The van der Waals surface area contributed by atoms with Crippen LogP contribution in [0.4, 0.5) is 0 Å². The smallest absolute Gasteiger partial charge is 0.0602 e. The molecule has 3 atom stereocenters. The molecule has 0 aliphatic heterocycles. The third-order valence-corrected chi connectivity index (χ3v) is 2.18. The zero-order valence-electron chi connectivity index (χ0n) is 6.53. The number of aliphatic hydroxyl groups is 2. The molecule has 0 heterocycles. The highest BCUT2D eigenvalue weighted by Crippen LogP contribution is 2.23. The Morgan fingerprint density at radius 3 is 2.36 bits per heavy atom. The van der Waals surface area contributed by atoms with Crippen molar-refractivity contribution in [1.82, 2.24) is 0 Å². The van der Waals surface area contributed by atoms with Crippen LogP contribution in [0.2, 0.25) is 0 Å². The van der Waals surface area contributed by atoms with E-state index in [0.717, 1.165) is 19.0 Å². The number of hydrogen-bond acceptors (Lipinski definition) is 2. The molecule has 3 heteroatoms. The fourth-order valence-corrected chi connectivity index (χ4v) is 1.84. The molecular weight excluding hydrogens is 159 g/mol. The molecule has 0 radical (unpaired) electrons. The molecule has 1 aliphatic carbocycles. The Labute approximate surface area is 69.5 Å². The van der Waals surface area contributed by atoms with Gasteiger partial charge in [-0.1, -0.05) is 11.6 Å². The van der Waals surface area contributed by atoms with Crippen LogP contribution in [0.25, 0.3) is 0 Å². The summed E-state index contributed by atoms with van der Waals surface area (Å²) >= 11 is 0. The van der Waals surface area contributed by atoms with E-state index in [1.165, 1.54) is 5.57 Å². The maximum Gasteiger partial charge on any atom is 0.0602 e. The van der Waals surface area contributed by atoms with Gasteiger partial charge >= 0.3 is 0 Å². The Hall–Kier alpha value is 0.0900. The summed E-state index contributed by atoms with van der Waals surface area (Å²) < 4.78 is 0. The number of allylic oxidation sites excluding steroid dienone is 1. The molecular formula is C8H15O2P. The van der Waals surface area contributed by atoms with Crippen LogP contribution in [-0.4, -0.2) is 28.6 Å². The van der Waals surface area contributed by atoms with Crippen molar-refractivity contribution in [3.05, 3.63) is 11.6 Å². The maximum absolute atomic E-state index is 9.27. The lowest BCUT2D eigenvalue weighted by atomic mass is 9.90. The molecule has 11 heavy (non-hydrogen) atoms. The normalized spacial score (nSPS) is 36.1. The predicted molar refractivity (Wildman–Crippen MR) is 48.5 cm³/mol. The first-order valence-corrected chi connectivity index (χ1v) is 4.78. The minimum absolute atomic E-state index is 0.332. The van der Waals surface area contributed by atoms with Crippen LogP contribution in [0, 0.1) is 0 Å². The standard InChI is InChI=1S/C8H15O2P/c9-7-3-6(1-2-11)4-8(10)5-7/h1,7-10H,2-5,11H2/b6-1-/t7?,8-/m1/s1. The monoisotopic (exact) mass is 174 g/mol. The van der Waals surface area contributed by atoms with Crippen molar-refractivity contribution in [2.75, 3.05) is 6.16 Å². The molecule has 0 aromatic carbocycles. The molecule has 1 rings (SSSR count). The van der Waals surface area contributed by atoms with Gasteiger partial charge in [-0.3, -0.25) is 0 Å². The van der Waals surface area contributed by atoms with Crippen LogP contribution in [0.5, 0.6) is 0 Å². The van der Waals surface area contributed by atoms with Crippen molar-refractivity contribution in [3.63, 3.8) is 0 Å². The highest BCUT2D eigenvalue weighted by molar-refractivity contribution is 7.16. The quantitative estimate of drug-likeness (QED) is 0.453. The van der Waals surface area contributed by atoms with E-state index >= 15 is 0 Å². The van der Waals surface area contributed by atoms with Crippen LogP contribution in [0.3, 0.4) is 0 Å².